The predicted octanol–water partition coefficient (Wildman–Crippen LogP) is 4.68. The third-order valence-corrected chi connectivity index (χ3v) is 4.99. The van der Waals surface area contributed by atoms with E-state index < -0.39 is 0 Å². The predicted molar refractivity (Wildman–Crippen MR) is 114 cm³/mol. The first-order chi connectivity index (χ1) is 13.7. The average Bonchev–Trinajstić information content (AvgIpc) is 3.21. The smallest absolute Gasteiger partial charge is 0.216 e. The minimum Gasteiger partial charge on any atom is -0.486 e. The zero-order chi connectivity index (χ0) is 19.5. The molecule has 0 aliphatic carbocycles. The summed E-state index contributed by atoms with van der Waals surface area (Å²) < 4.78 is 10.1. The lowest BCUT2D eigenvalue weighted by Crippen LogP contribution is -2.04. The van der Waals surface area contributed by atoms with E-state index >= 15 is 0 Å². The van der Waals surface area contributed by atoms with Crippen LogP contribution in [0.1, 0.15) is 24.0 Å². The lowest BCUT2D eigenvalue weighted by atomic mass is 10.1. The maximum absolute atomic E-state index is 5.79. The fourth-order valence-corrected chi connectivity index (χ4v) is 3.54. The molecule has 0 aliphatic rings. The Balaban J connectivity index is 1.66. The number of H-pyrrole nitrogens is 1. The number of aromatic amines is 1. The van der Waals surface area contributed by atoms with Crippen LogP contribution in [0.5, 0.6) is 5.75 Å². The SMILES string of the molecule is CCn1c(C)c(/C=N\n2c(COc3ccccc3)n[nH]c2=S)c2ccccc21. The Kier molecular flexibility index (Phi) is 5.08. The molecule has 2 heterocycles. The van der Waals surface area contributed by atoms with Crippen molar-refractivity contribution in [1.29, 1.82) is 0 Å². The molecule has 142 valence electrons. The van der Waals surface area contributed by atoms with Gasteiger partial charge in [-0.25, -0.2) is 5.10 Å². The van der Waals surface area contributed by atoms with Gasteiger partial charge in [-0.15, -0.1) is 0 Å². The van der Waals surface area contributed by atoms with Crippen molar-refractivity contribution in [3.05, 3.63) is 76.5 Å². The molecule has 2 aromatic heterocycles. The fourth-order valence-electron chi connectivity index (χ4n) is 3.35. The largest absolute Gasteiger partial charge is 0.486 e. The van der Waals surface area contributed by atoms with Gasteiger partial charge in [-0.2, -0.15) is 14.9 Å². The normalized spacial score (nSPS) is 11.5. The van der Waals surface area contributed by atoms with Gasteiger partial charge in [-0.3, -0.25) is 0 Å². The molecule has 4 rings (SSSR count). The molecule has 6 nitrogen and oxygen atoms in total. The van der Waals surface area contributed by atoms with Crippen LogP contribution in [0, 0.1) is 11.7 Å². The minimum absolute atomic E-state index is 0.268. The highest BCUT2D eigenvalue weighted by Crippen LogP contribution is 2.24. The number of benzene rings is 2. The standard InChI is InChI=1S/C21H21N5OS/c1-3-25-15(2)18(17-11-7-8-12-19(17)25)13-22-26-20(23-24-21(26)28)14-27-16-9-5-4-6-10-16/h4-13H,3,14H2,1-2H3,(H,24,28)/b22-13-. The summed E-state index contributed by atoms with van der Waals surface area (Å²) in [6.45, 7) is 5.43. The average molecular weight is 392 g/mol. The van der Waals surface area contributed by atoms with Gasteiger partial charge in [0.2, 0.25) is 4.77 Å². The molecule has 1 N–H and O–H groups in total. The number of ether oxygens (including phenoxy) is 1. The van der Waals surface area contributed by atoms with Crippen LogP contribution in [-0.2, 0) is 13.2 Å². The summed E-state index contributed by atoms with van der Waals surface area (Å²) in [5.74, 6) is 1.38. The first kappa shape index (κ1) is 18.2. The lowest BCUT2D eigenvalue weighted by Gasteiger charge is -2.05. The van der Waals surface area contributed by atoms with Crippen LogP contribution < -0.4 is 4.74 Å². The first-order valence-electron chi connectivity index (χ1n) is 9.15. The Labute approximate surface area is 168 Å². The van der Waals surface area contributed by atoms with Crippen LogP contribution in [0.25, 0.3) is 10.9 Å². The number of aryl methyl sites for hydroxylation is 1. The highest BCUT2D eigenvalue weighted by atomic mass is 32.1. The molecule has 0 radical (unpaired) electrons. The minimum atomic E-state index is 0.268. The molecule has 0 aliphatic heterocycles. The van der Waals surface area contributed by atoms with E-state index in [4.69, 9.17) is 17.0 Å². The van der Waals surface area contributed by atoms with Crippen LogP contribution in [0.2, 0.25) is 0 Å². The zero-order valence-corrected chi connectivity index (χ0v) is 16.6. The highest BCUT2D eigenvalue weighted by Gasteiger charge is 2.12. The van der Waals surface area contributed by atoms with Crippen molar-refractivity contribution in [2.75, 3.05) is 0 Å². The number of aromatic nitrogens is 4. The van der Waals surface area contributed by atoms with Gasteiger partial charge >= 0.3 is 0 Å². The quantitative estimate of drug-likeness (QED) is 0.383. The van der Waals surface area contributed by atoms with Crippen LogP contribution in [0.3, 0.4) is 0 Å². The molecule has 2 aromatic carbocycles. The van der Waals surface area contributed by atoms with E-state index in [0.29, 0.717) is 10.6 Å². The van der Waals surface area contributed by atoms with E-state index in [0.717, 1.165) is 17.9 Å². The van der Waals surface area contributed by atoms with Crippen molar-refractivity contribution in [2.45, 2.75) is 27.0 Å². The molecular weight excluding hydrogens is 370 g/mol. The van der Waals surface area contributed by atoms with Crippen molar-refractivity contribution < 1.29 is 4.74 Å². The zero-order valence-electron chi connectivity index (χ0n) is 15.8. The monoisotopic (exact) mass is 391 g/mol. The molecule has 7 heteroatoms. The molecule has 0 saturated carbocycles. The van der Waals surface area contributed by atoms with E-state index in [1.54, 1.807) is 4.68 Å². The summed E-state index contributed by atoms with van der Waals surface area (Å²) in [4.78, 5) is 0. The molecule has 0 saturated heterocycles. The highest BCUT2D eigenvalue weighted by molar-refractivity contribution is 7.71. The Hall–Kier alpha value is -3.19. The van der Waals surface area contributed by atoms with Crippen molar-refractivity contribution >= 4 is 29.3 Å². The molecular formula is C21H21N5OS. The summed E-state index contributed by atoms with van der Waals surface area (Å²) in [6, 6.07) is 17.9. The molecule has 4 aromatic rings. The van der Waals surface area contributed by atoms with Crippen molar-refractivity contribution in [2.24, 2.45) is 5.10 Å². The third kappa shape index (κ3) is 3.36. The summed E-state index contributed by atoms with van der Waals surface area (Å²) in [5.41, 5.74) is 3.45. The van der Waals surface area contributed by atoms with Gasteiger partial charge in [-0.1, -0.05) is 36.4 Å². The van der Waals surface area contributed by atoms with Crippen molar-refractivity contribution in [3.63, 3.8) is 0 Å². The van der Waals surface area contributed by atoms with Crippen LogP contribution in [0.4, 0.5) is 0 Å². The summed E-state index contributed by atoms with van der Waals surface area (Å²) in [6.07, 6.45) is 1.85. The Morgan fingerprint density at radius 2 is 1.89 bits per heavy atom. The fraction of sp³-hybridized carbons (Fsp3) is 0.190. The van der Waals surface area contributed by atoms with Gasteiger partial charge in [-0.05, 0) is 44.3 Å². The van der Waals surface area contributed by atoms with Crippen LogP contribution in [-0.4, -0.2) is 25.7 Å². The van der Waals surface area contributed by atoms with Gasteiger partial charge in [0, 0.05) is 28.7 Å². The number of nitrogens with one attached hydrogen (secondary N) is 1. The topological polar surface area (TPSA) is 60.1 Å². The Bertz CT molecular complexity index is 1190. The maximum Gasteiger partial charge on any atom is 0.216 e. The molecule has 0 fully saturated rings. The number of rotatable bonds is 6. The summed E-state index contributed by atoms with van der Waals surface area (Å²) >= 11 is 5.35. The number of nitrogens with zero attached hydrogens (tertiary/aromatic N) is 4. The number of hydrogen-bond acceptors (Lipinski definition) is 4. The van der Waals surface area contributed by atoms with E-state index in [1.165, 1.54) is 16.6 Å². The second-order valence-corrected chi connectivity index (χ2v) is 6.75. The second-order valence-electron chi connectivity index (χ2n) is 6.36. The molecule has 28 heavy (non-hydrogen) atoms. The number of fused-ring (bicyclic) bond motifs is 1. The Morgan fingerprint density at radius 1 is 1.14 bits per heavy atom. The Morgan fingerprint density at radius 3 is 2.68 bits per heavy atom. The van der Waals surface area contributed by atoms with Gasteiger partial charge in [0.25, 0.3) is 0 Å². The number of hydrogen-bond donors (Lipinski definition) is 1. The maximum atomic E-state index is 5.79. The second kappa shape index (κ2) is 7.82. The summed E-state index contributed by atoms with van der Waals surface area (Å²) in [7, 11) is 0. The van der Waals surface area contributed by atoms with Gasteiger partial charge < -0.3 is 9.30 Å². The summed E-state index contributed by atoms with van der Waals surface area (Å²) in [5, 5.41) is 12.8. The van der Waals surface area contributed by atoms with E-state index in [-0.39, 0.29) is 6.61 Å². The molecule has 0 atom stereocenters. The van der Waals surface area contributed by atoms with Crippen LogP contribution >= 0.6 is 12.2 Å². The molecule has 0 amide bonds. The van der Waals surface area contributed by atoms with Crippen LogP contribution in [0.15, 0.2) is 59.7 Å². The number of para-hydroxylation sites is 2. The van der Waals surface area contributed by atoms with Gasteiger partial charge in [0.1, 0.15) is 12.4 Å². The molecule has 0 spiro atoms. The van der Waals surface area contributed by atoms with Gasteiger partial charge in [0.05, 0.1) is 6.21 Å². The van der Waals surface area contributed by atoms with Crippen molar-refractivity contribution in [1.82, 2.24) is 19.4 Å². The molecule has 0 unspecified atom stereocenters. The first-order valence-corrected chi connectivity index (χ1v) is 9.56. The third-order valence-electron chi connectivity index (χ3n) is 4.73. The van der Waals surface area contributed by atoms with Crippen molar-refractivity contribution in [3.8, 4) is 5.75 Å². The molecule has 0 bridgehead atoms. The lowest BCUT2D eigenvalue weighted by molar-refractivity contribution is 0.290. The van der Waals surface area contributed by atoms with E-state index in [1.807, 2.05) is 42.6 Å². The van der Waals surface area contributed by atoms with E-state index in [9.17, 15) is 0 Å². The van der Waals surface area contributed by atoms with E-state index in [2.05, 4.69) is 51.9 Å². The van der Waals surface area contributed by atoms with Gasteiger partial charge in [0.15, 0.2) is 5.82 Å².